The van der Waals surface area contributed by atoms with Gasteiger partial charge >= 0.3 is 11.6 Å². The van der Waals surface area contributed by atoms with Gasteiger partial charge in [-0.1, -0.05) is 35.4 Å². The van der Waals surface area contributed by atoms with E-state index in [9.17, 15) is 18.0 Å². The van der Waals surface area contributed by atoms with Gasteiger partial charge in [-0.05, 0) is 24.3 Å². The molecule has 2 aromatic heterocycles. The van der Waals surface area contributed by atoms with E-state index in [0.29, 0.717) is 11.0 Å². The van der Waals surface area contributed by atoms with Crippen LogP contribution in [0.1, 0.15) is 10.4 Å². The minimum absolute atomic E-state index is 0.0108. The largest absolute Gasteiger partial charge is 0.422 e. The summed E-state index contributed by atoms with van der Waals surface area (Å²) in [6, 6.07) is 14.0. The van der Waals surface area contributed by atoms with Gasteiger partial charge in [0, 0.05) is 11.6 Å². The number of sulfone groups is 1. The van der Waals surface area contributed by atoms with E-state index in [1.54, 1.807) is 36.4 Å². The molecule has 0 spiro atoms. The van der Waals surface area contributed by atoms with Gasteiger partial charge in [0.15, 0.2) is 9.84 Å². The van der Waals surface area contributed by atoms with Crippen molar-refractivity contribution in [1.29, 1.82) is 0 Å². The molecule has 10 heteroatoms. The number of nitrogens with one attached hydrogen (secondary N) is 1. The van der Waals surface area contributed by atoms with Crippen molar-refractivity contribution in [3.05, 3.63) is 70.6 Å². The van der Waals surface area contributed by atoms with Gasteiger partial charge in [0.1, 0.15) is 11.1 Å². The van der Waals surface area contributed by atoms with Crippen molar-refractivity contribution in [1.82, 2.24) is 10.2 Å². The fraction of sp³-hybridized carbons (Fsp3) is 0.0526. The standard InChI is InChI=1S/C19H13N3O6S/c1-29(25,26)15-9-5-3-7-12(15)17-21-22-19(28-17)20-16(23)13-10-11-6-2-4-8-14(11)27-18(13)24/h2-10H,1H3,(H,20,22,23). The van der Waals surface area contributed by atoms with Crippen molar-refractivity contribution in [2.75, 3.05) is 11.6 Å². The summed E-state index contributed by atoms with van der Waals surface area (Å²) >= 11 is 0. The molecule has 146 valence electrons. The molecule has 2 heterocycles. The number of hydrogen-bond acceptors (Lipinski definition) is 8. The molecule has 0 radical (unpaired) electrons. The van der Waals surface area contributed by atoms with E-state index in [1.165, 1.54) is 18.2 Å². The topological polar surface area (TPSA) is 132 Å². The number of carbonyl (C=O) groups is 1. The molecular formula is C19H13N3O6S. The van der Waals surface area contributed by atoms with Crippen LogP contribution in [0.2, 0.25) is 0 Å². The van der Waals surface area contributed by atoms with Crippen LogP contribution < -0.4 is 10.9 Å². The van der Waals surface area contributed by atoms with Crippen molar-refractivity contribution in [3.8, 4) is 11.5 Å². The maximum absolute atomic E-state index is 12.5. The number of nitrogens with zero attached hydrogens (tertiary/aromatic N) is 2. The van der Waals surface area contributed by atoms with E-state index in [1.807, 2.05) is 0 Å². The van der Waals surface area contributed by atoms with Crippen LogP contribution >= 0.6 is 0 Å². The zero-order valence-corrected chi connectivity index (χ0v) is 15.8. The minimum atomic E-state index is -3.53. The Morgan fingerprint density at radius 2 is 1.72 bits per heavy atom. The Morgan fingerprint density at radius 1 is 1.00 bits per heavy atom. The maximum Gasteiger partial charge on any atom is 0.349 e. The Labute approximate surface area is 163 Å². The monoisotopic (exact) mass is 411 g/mol. The number of amides is 1. The molecule has 1 amide bonds. The highest BCUT2D eigenvalue weighted by molar-refractivity contribution is 7.90. The Kier molecular flexibility index (Phi) is 4.47. The van der Waals surface area contributed by atoms with Crippen LogP contribution in [-0.4, -0.2) is 30.8 Å². The summed E-state index contributed by atoms with van der Waals surface area (Å²) in [6.07, 6.45) is 1.06. The SMILES string of the molecule is CS(=O)(=O)c1ccccc1-c1nnc(NC(=O)c2cc3ccccc3oc2=O)o1. The van der Waals surface area contributed by atoms with Crippen LogP contribution in [0.4, 0.5) is 6.01 Å². The van der Waals surface area contributed by atoms with E-state index in [2.05, 4.69) is 15.5 Å². The first kappa shape index (κ1) is 18.6. The summed E-state index contributed by atoms with van der Waals surface area (Å²) in [5, 5.41) is 10.4. The van der Waals surface area contributed by atoms with Gasteiger partial charge in [-0.2, -0.15) is 0 Å². The molecule has 2 aromatic carbocycles. The predicted octanol–water partition coefficient (Wildman–Crippen LogP) is 2.50. The first-order valence-corrected chi connectivity index (χ1v) is 10.2. The molecule has 0 aliphatic carbocycles. The molecule has 0 atom stereocenters. The molecule has 9 nitrogen and oxygen atoms in total. The summed E-state index contributed by atoms with van der Waals surface area (Å²) in [6.45, 7) is 0. The minimum Gasteiger partial charge on any atom is -0.422 e. The highest BCUT2D eigenvalue weighted by Gasteiger charge is 2.20. The maximum atomic E-state index is 12.5. The number of aromatic nitrogens is 2. The zero-order chi connectivity index (χ0) is 20.6. The van der Waals surface area contributed by atoms with Gasteiger partial charge < -0.3 is 8.83 Å². The second-order valence-corrected chi connectivity index (χ2v) is 8.10. The molecule has 0 saturated carbocycles. The third-order valence-corrected chi connectivity index (χ3v) is 5.20. The summed E-state index contributed by atoms with van der Waals surface area (Å²) in [5.41, 5.74) is -0.497. The molecule has 1 N–H and O–H groups in total. The number of carbonyl (C=O) groups excluding carboxylic acids is 1. The van der Waals surface area contributed by atoms with Crippen molar-refractivity contribution in [2.24, 2.45) is 0 Å². The van der Waals surface area contributed by atoms with E-state index in [0.717, 1.165) is 6.26 Å². The number of rotatable bonds is 4. The number of hydrogen-bond donors (Lipinski definition) is 1. The molecule has 0 bridgehead atoms. The molecule has 29 heavy (non-hydrogen) atoms. The third-order valence-electron chi connectivity index (χ3n) is 4.05. The number of benzene rings is 2. The van der Waals surface area contributed by atoms with Crippen LogP contribution in [0.3, 0.4) is 0 Å². The third kappa shape index (κ3) is 3.65. The second kappa shape index (κ2) is 6.99. The Bertz CT molecular complexity index is 1400. The van der Waals surface area contributed by atoms with E-state index in [4.69, 9.17) is 8.83 Å². The lowest BCUT2D eigenvalue weighted by atomic mass is 10.2. The van der Waals surface area contributed by atoms with Gasteiger partial charge in [0.2, 0.25) is 0 Å². The average molecular weight is 411 g/mol. The first-order chi connectivity index (χ1) is 13.8. The van der Waals surface area contributed by atoms with Crippen LogP contribution in [0.25, 0.3) is 22.4 Å². The van der Waals surface area contributed by atoms with Crippen LogP contribution in [0.15, 0.2) is 73.1 Å². The van der Waals surface area contributed by atoms with Gasteiger partial charge in [-0.3, -0.25) is 10.1 Å². The van der Waals surface area contributed by atoms with Gasteiger partial charge in [0.25, 0.3) is 11.8 Å². The quantitative estimate of drug-likeness (QED) is 0.507. The molecule has 4 rings (SSSR count). The summed E-state index contributed by atoms with van der Waals surface area (Å²) < 4.78 is 34.4. The van der Waals surface area contributed by atoms with Crippen molar-refractivity contribution in [3.63, 3.8) is 0 Å². The fourth-order valence-corrected chi connectivity index (χ4v) is 3.61. The normalized spacial score (nSPS) is 11.5. The lowest BCUT2D eigenvalue weighted by Gasteiger charge is -2.03. The molecule has 0 aliphatic heterocycles. The summed E-state index contributed by atoms with van der Waals surface area (Å²) in [7, 11) is -3.53. The van der Waals surface area contributed by atoms with Gasteiger partial charge in [-0.25, -0.2) is 13.2 Å². The van der Waals surface area contributed by atoms with Gasteiger partial charge in [-0.15, -0.1) is 5.10 Å². The average Bonchev–Trinajstić information content (AvgIpc) is 3.15. The van der Waals surface area contributed by atoms with Crippen molar-refractivity contribution >= 4 is 32.7 Å². The molecule has 0 unspecified atom stereocenters. The van der Waals surface area contributed by atoms with E-state index >= 15 is 0 Å². The van der Waals surface area contributed by atoms with Crippen LogP contribution in [0.5, 0.6) is 0 Å². The van der Waals surface area contributed by atoms with Crippen LogP contribution in [0, 0.1) is 0 Å². The predicted molar refractivity (Wildman–Crippen MR) is 103 cm³/mol. The van der Waals surface area contributed by atoms with Crippen molar-refractivity contribution < 1.29 is 22.0 Å². The molecule has 4 aromatic rings. The molecular weight excluding hydrogens is 398 g/mol. The molecule has 0 saturated heterocycles. The lowest BCUT2D eigenvalue weighted by molar-refractivity contribution is 0.102. The lowest BCUT2D eigenvalue weighted by Crippen LogP contribution is -2.20. The number of para-hydroxylation sites is 1. The Hall–Kier alpha value is -3.79. The first-order valence-electron chi connectivity index (χ1n) is 8.30. The highest BCUT2D eigenvalue weighted by atomic mass is 32.2. The van der Waals surface area contributed by atoms with Crippen LogP contribution in [-0.2, 0) is 9.84 Å². The summed E-state index contributed by atoms with van der Waals surface area (Å²) in [5.74, 6) is -0.886. The molecule has 0 fully saturated rings. The van der Waals surface area contributed by atoms with Gasteiger partial charge in [0.05, 0.1) is 10.5 Å². The fourth-order valence-electron chi connectivity index (χ4n) is 2.73. The Morgan fingerprint density at radius 3 is 2.52 bits per heavy atom. The Balaban J connectivity index is 1.65. The van der Waals surface area contributed by atoms with E-state index in [-0.39, 0.29) is 27.9 Å². The number of fused-ring (bicyclic) bond motifs is 1. The van der Waals surface area contributed by atoms with Crippen molar-refractivity contribution in [2.45, 2.75) is 4.90 Å². The smallest absolute Gasteiger partial charge is 0.349 e. The highest BCUT2D eigenvalue weighted by Crippen LogP contribution is 2.27. The summed E-state index contributed by atoms with van der Waals surface area (Å²) in [4.78, 5) is 24.6. The number of anilines is 1. The molecule has 0 aliphatic rings. The zero-order valence-electron chi connectivity index (χ0n) is 14.9. The van der Waals surface area contributed by atoms with E-state index < -0.39 is 21.4 Å². The second-order valence-electron chi connectivity index (χ2n) is 6.12.